The highest BCUT2D eigenvalue weighted by Crippen LogP contribution is 2.28. The molecule has 1 aliphatic heterocycles. The molecule has 0 bridgehead atoms. The van der Waals surface area contributed by atoms with Gasteiger partial charge in [-0.2, -0.15) is 5.10 Å². The molecule has 3 aromatic rings. The lowest BCUT2D eigenvalue weighted by Gasteiger charge is -2.19. The highest BCUT2D eigenvalue weighted by Gasteiger charge is 2.21. The van der Waals surface area contributed by atoms with Gasteiger partial charge < -0.3 is 10.2 Å². The minimum absolute atomic E-state index is 0.0969. The average molecular weight is 354 g/mol. The van der Waals surface area contributed by atoms with Crippen molar-refractivity contribution in [3.8, 4) is 5.69 Å². The lowest BCUT2D eigenvalue weighted by atomic mass is 10.2. The minimum atomic E-state index is -0.0969. The van der Waals surface area contributed by atoms with Crippen molar-refractivity contribution in [2.75, 3.05) is 23.3 Å². The van der Waals surface area contributed by atoms with Crippen LogP contribution in [0.4, 0.5) is 11.4 Å². The summed E-state index contributed by atoms with van der Waals surface area (Å²) in [4.78, 5) is 18.6. The summed E-state index contributed by atoms with van der Waals surface area (Å²) in [6.07, 6.45) is 3.99. The number of aromatic nitrogens is 3. The third-order valence-corrected chi connectivity index (χ3v) is 4.45. The van der Waals surface area contributed by atoms with Crippen molar-refractivity contribution in [3.63, 3.8) is 0 Å². The molecule has 0 saturated heterocycles. The summed E-state index contributed by atoms with van der Waals surface area (Å²) in [7, 11) is 0. The Morgan fingerprint density at radius 3 is 2.92 bits per heavy atom. The standard InChI is InChI=1S/C18H16ClN5O/c19-14-5-6-17(24-12-20-11-21-24)15(9-14)22-18(25)10-23-8-7-13-3-1-2-4-16(13)23/h1-6,9,11-12H,7-8,10H2,(H,22,25). The third-order valence-electron chi connectivity index (χ3n) is 4.22. The van der Waals surface area contributed by atoms with Crippen LogP contribution in [-0.2, 0) is 11.2 Å². The van der Waals surface area contributed by atoms with Gasteiger partial charge in [0.1, 0.15) is 12.7 Å². The summed E-state index contributed by atoms with van der Waals surface area (Å²) in [6, 6.07) is 13.5. The number of amides is 1. The number of rotatable bonds is 4. The average Bonchev–Trinajstić information content (AvgIpc) is 3.26. The fraction of sp³-hybridized carbons (Fsp3) is 0.167. The van der Waals surface area contributed by atoms with E-state index in [9.17, 15) is 4.79 Å². The number of halogens is 1. The molecule has 126 valence electrons. The third kappa shape index (κ3) is 3.21. The second-order valence-corrected chi connectivity index (χ2v) is 6.29. The number of carbonyl (C=O) groups excluding carboxylic acids is 1. The van der Waals surface area contributed by atoms with Crippen molar-refractivity contribution in [1.29, 1.82) is 0 Å². The van der Waals surface area contributed by atoms with E-state index >= 15 is 0 Å². The number of benzene rings is 2. The van der Waals surface area contributed by atoms with E-state index in [1.54, 1.807) is 29.2 Å². The van der Waals surface area contributed by atoms with Crippen LogP contribution < -0.4 is 10.2 Å². The Kier molecular flexibility index (Phi) is 4.11. The van der Waals surface area contributed by atoms with E-state index in [0.717, 1.165) is 24.3 Å². The minimum Gasteiger partial charge on any atom is -0.362 e. The van der Waals surface area contributed by atoms with Crippen LogP contribution in [0.3, 0.4) is 0 Å². The second-order valence-electron chi connectivity index (χ2n) is 5.85. The van der Waals surface area contributed by atoms with Crippen molar-refractivity contribution >= 4 is 28.9 Å². The molecule has 6 nitrogen and oxygen atoms in total. The van der Waals surface area contributed by atoms with Gasteiger partial charge in [-0.05, 0) is 36.2 Å². The van der Waals surface area contributed by atoms with Crippen LogP contribution in [0, 0.1) is 0 Å². The molecule has 2 heterocycles. The summed E-state index contributed by atoms with van der Waals surface area (Å²) < 4.78 is 1.59. The van der Waals surface area contributed by atoms with E-state index in [4.69, 9.17) is 11.6 Å². The zero-order valence-electron chi connectivity index (χ0n) is 13.4. The van der Waals surface area contributed by atoms with Crippen molar-refractivity contribution in [3.05, 3.63) is 65.7 Å². The zero-order valence-corrected chi connectivity index (χ0v) is 14.1. The molecule has 4 rings (SSSR count). The van der Waals surface area contributed by atoms with Gasteiger partial charge in [0.15, 0.2) is 0 Å². The molecule has 2 aromatic carbocycles. The van der Waals surface area contributed by atoms with Gasteiger partial charge in [0, 0.05) is 17.3 Å². The number of nitrogens with zero attached hydrogens (tertiary/aromatic N) is 4. The number of hydrogen-bond acceptors (Lipinski definition) is 4. The Labute approximate surface area is 150 Å². The molecule has 0 aliphatic carbocycles. The second kappa shape index (κ2) is 6.57. The molecule has 1 N–H and O–H groups in total. The van der Waals surface area contributed by atoms with Crippen LogP contribution in [0.2, 0.25) is 5.02 Å². The Bertz CT molecular complexity index is 910. The van der Waals surface area contributed by atoms with Gasteiger partial charge in [-0.1, -0.05) is 29.8 Å². The Morgan fingerprint density at radius 1 is 1.20 bits per heavy atom. The molecule has 0 saturated carbocycles. The number of hydrogen-bond donors (Lipinski definition) is 1. The van der Waals surface area contributed by atoms with Gasteiger partial charge >= 0.3 is 0 Å². The fourth-order valence-corrected chi connectivity index (χ4v) is 3.25. The molecular weight excluding hydrogens is 338 g/mol. The number of carbonyl (C=O) groups is 1. The van der Waals surface area contributed by atoms with Crippen LogP contribution in [0.1, 0.15) is 5.56 Å². The highest BCUT2D eigenvalue weighted by atomic mass is 35.5. The van der Waals surface area contributed by atoms with Crippen molar-refractivity contribution < 1.29 is 4.79 Å². The fourth-order valence-electron chi connectivity index (χ4n) is 3.07. The van der Waals surface area contributed by atoms with E-state index in [2.05, 4.69) is 32.4 Å². The molecule has 0 atom stereocenters. The first-order chi connectivity index (χ1) is 12.2. The predicted molar refractivity (Wildman–Crippen MR) is 97.4 cm³/mol. The lowest BCUT2D eigenvalue weighted by molar-refractivity contribution is -0.115. The van der Waals surface area contributed by atoms with Crippen molar-refractivity contribution in [2.24, 2.45) is 0 Å². The summed E-state index contributed by atoms with van der Waals surface area (Å²) in [5, 5.41) is 7.61. The van der Waals surface area contributed by atoms with Gasteiger partial charge in [0.05, 0.1) is 17.9 Å². The summed E-state index contributed by atoms with van der Waals surface area (Å²) in [5.41, 5.74) is 3.73. The highest BCUT2D eigenvalue weighted by molar-refractivity contribution is 6.31. The predicted octanol–water partition coefficient (Wildman–Crippen LogP) is 2.92. The summed E-state index contributed by atoms with van der Waals surface area (Å²) in [6.45, 7) is 1.14. The first-order valence-electron chi connectivity index (χ1n) is 7.98. The van der Waals surface area contributed by atoms with Crippen LogP contribution in [0.15, 0.2) is 55.1 Å². The summed E-state index contributed by atoms with van der Waals surface area (Å²) in [5.74, 6) is -0.0969. The first-order valence-corrected chi connectivity index (χ1v) is 8.36. The SMILES string of the molecule is O=C(CN1CCc2ccccc21)Nc1cc(Cl)ccc1-n1cncn1. The van der Waals surface area contributed by atoms with Gasteiger partial charge in [-0.3, -0.25) is 4.79 Å². The van der Waals surface area contributed by atoms with Crippen molar-refractivity contribution in [2.45, 2.75) is 6.42 Å². The van der Waals surface area contributed by atoms with Gasteiger partial charge in [-0.15, -0.1) is 0 Å². The molecule has 25 heavy (non-hydrogen) atoms. The largest absolute Gasteiger partial charge is 0.362 e. The van der Waals surface area contributed by atoms with E-state index < -0.39 is 0 Å². The number of para-hydroxylation sites is 1. The maximum Gasteiger partial charge on any atom is 0.243 e. The van der Waals surface area contributed by atoms with E-state index in [0.29, 0.717) is 17.3 Å². The molecular formula is C18H16ClN5O. The van der Waals surface area contributed by atoms with E-state index in [1.165, 1.54) is 11.9 Å². The molecule has 1 aromatic heterocycles. The smallest absolute Gasteiger partial charge is 0.243 e. The Hall–Kier alpha value is -2.86. The van der Waals surface area contributed by atoms with Gasteiger partial charge in [-0.25, -0.2) is 9.67 Å². The molecule has 0 radical (unpaired) electrons. The van der Waals surface area contributed by atoms with E-state index in [-0.39, 0.29) is 5.91 Å². The molecule has 7 heteroatoms. The van der Waals surface area contributed by atoms with Crippen molar-refractivity contribution in [1.82, 2.24) is 14.8 Å². The topological polar surface area (TPSA) is 63.1 Å². The Morgan fingerprint density at radius 2 is 2.08 bits per heavy atom. The van der Waals surface area contributed by atoms with E-state index in [1.807, 2.05) is 12.1 Å². The zero-order chi connectivity index (χ0) is 17.2. The quantitative estimate of drug-likeness (QED) is 0.783. The van der Waals surface area contributed by atoms with Crippen LogP contribution in [0.25, 0.3) is 5.69 Å². The first kappa shape index (κ1) is 15.7. The molecule has 0 spiro atoms. The number of nitrogens with one attached hydrogen (secondary N) is 1. The molecule has 1 aliphatic rings. The normalized spacial score (nSPS) is 12.9. The van der Waals surface area contributed by atoms with Crippen LogP contribution >= 0.6 is 11.6 Å². The molecule has 1 amide bonds. The maximum absolute atomic E-state index is 12.6. The molecule has 0 fully saturated rings. The van der Waals surface area contributed by atoms with Gasteiger partial charge in [0.2, 0.25) is 5.91 Å². The lowest BCUT2D eigenvalue weighted by Crippen LogP contribution is -2.32. The summed E-state index contributed by atoms with van der Waals surface area (Å²) >= 11 is 6.09. The molecule has 0 unspecified atom stereocenters. The van der Waals surface area contributed by atoms with Crippen LogP contribution in [0.5, 0.6) is 0 Å². The van der Waals surface area contributed by atoms with Gasteiger partial charge in [0.25, 0.3) is 0 Å². The maximum atomic E-state index is 12.6. The van der Waals surface area contributed by atoms with Crippen LogP contribution in [-0.4, -0.2) is 33.8 Å². The monoisotopic (exact) mass is 353 g/mol. The number of fused-ring (bicyclic) bond motifs is 1. The Balaban J connectivity index is 1.53. The number of anilines is 2.